The van der Waals surface area contributed by atoms with Crippen LogP contribution in [0.4, 0.5) is 11.4 Å². The normalized spacial score (nSPS) is 12.5. The van der Waals surface area contributed by atoms with Crippen molar-refractivity contribution < 1.29 is 24.0 Å². The molecular weight excluding hydrogens is 430 g/mol. The number of ether oxygens (including phenoxy) is 1. The molecule has 0 saturated carbocycles. The molecule has 0 unspecified atom stereocenters. The first-order chi connectivity index (χ1) is 15.7. The van der Waals surface area contributed by atoms with E-state index in [9.17, 15) is 24.5 Å². The summed E-state index contributed by atoms with van der Waals surface area (Å²) in [6.45, 7) is 3.13. The van der Waals surface area contributed by atoms with Crippen LogP contribution in [0.25, 0.3) is 0 Å². The Balaban J connectivity index is 1.40. The van der Waals surface area contributed by atoms with E-state index in [-0.39, 0.29) is 22.8 Å². The van der Waals surface area contributed by atoms with Gasteiger partial charge in [-0.2, -0.15) is 0 Å². The molecule has 0 radical (unpaired) electrons. The molecule has 11 heteroatoms. The van der Waals surface area contributed by atoms with Crippen molar-refractivity contribution in [2.24, 2.45) is 0 Å². The third-order valence-electron chi connectivity index (χ3n) is 4.78. The van der Waals surface area contributed by atoms with Gasteiger partial charge in [0.15, 0.2) is 0 Å². The van der Waals surface area contributed by atoms with Crippen molar-refractivity contribution in [1.29, 1.82) is 0 Å². The minimum absolute atomic E-state index is 0.0218. The molecule has 0 spiro atoms. The average molecular weight is 447 g/mol. The number of amides is 3. The predicted molar refractivity (Wildman–Crippen MR) is 115 cm³/mol. The highest BCUT2D eigenvalue weighted by atomic mass is 16.6. The van der Waals surface area contributed by atoms with Gasteiger partial charge in [0.1, 0.15) is 12.3 Å². The molecule has 2 heterocycles. The third-order valence-corrected chi connectivity index (χ3v) is 4.78. The third kappa shape index (κ3) is 4.51. The summed E-state index contributed by atoms with van der Waals surface area (Å²) in [5.41, 5.74) is 1.56. The van der Waals surface area contributed by atoms with E-state index in [4.69, 9.17) is 4.74 Å². The molecule has 33 heavy (non-hydrogen) atoms. The highest BCUT2D eigenvalue weighted by molar-refractivity contribution is 6.23. The number of nitrogens with one attached hydrogen (secondary N) is 1. The number of carbonyl (C=O) groups is 3. The molecule has 1 aliphatic heterocycles. The Morgan fingerprint density at radius 2 is 1.64 bits per heavy atom. The molecule has 0 aliphatic carbocycles. The van der Waals surface area contributed by atoms with E-state index >= 15 is 0 Å². The van der Waals surface area contributed by atoms with Gasteiger partial charge < -0.3 is 10.1 Å². The van der Waals surface area contributed by atoms with Crippen LogP contribution in [0, 0.1) is 24.0 Å². The van der Waals surface area contributed by atoms with Crippen molar-refractivity contribution in [1.82, 2.24) is 14.9 Å². The van der Waals surface area contributed by atoms with Crippen LogP contribution >= 0.6 is 0 Å². The molecule has 0 bridgehead atoms. The van der Waals surface area contributed by atoms with Gasteiger partial charge in [-0.1, -0.05) is 0 Å². The summed E-state index contributed by atoms with van der Waals surface area (Å²) in [6.07, 6.45) is 0. The first kappa shape index (κ1) is 21.6. The highest BCUT2D eigenvalue weighted by Gasteiger charge is 2.37. The number of benzene rings is 2. The summed E-state index contributed by atoms with van der Waals surface area (Å²) in [7, 11) is 0. The number of nitro benzene ring substituents is 1. The van der Waals surface area contributed by atoms with Gasteiger partial charge in [0, 0.05) is 29.2 Å². The van der Waals surface area contributed by atoms with Crippen LogP contribution < -0.4 is 10.1 Å². The van der Waals surface area contributed by atoms with Gasteiger partial charge >= 0.3 is 6.01 Å². The quantitative estimate of drug-likeness (QED) is 0.345. The zero-order valence-corrected chi connectivity index (χ0v) is 17.6. The molecule has 0 saturated heterocycles. The summed E-state index contributed by atoms with van der Waals surface area (Å²) < 4.78 is 5.62. The van der Waals surface area contributed by atoms with E-state index in [1.54, 1.807) is 24.3 Å². The van der Waals surface area contributed by atoms with E-state index in [1.807, 2.05) is 19.9 Å². The monoisotopic (exact) mass is 447 g/mol. The lowest BCUT2D eigenvalue weighted by atomic mass is 10.1. The number of fused-ring (bicyclic) bond motifs is 1. The standard InChI is InChI=1S/C22H17N5O6/c1-12-9-13(2)24-22(23-12)33-16-6-3-14(4-7-16)25-19(28)11-26-20(29)17-8-5-15(27(31)32)10-18(17)21(26)30/h3-10H,11H2,1-2H3,(H,25,28). The number of anilines is 1. The smallest absolute Gasteiger partial charge is 0.322 e. The number of non-ortho nitro benzene ring substituents is 1. The van der Waals surface area contributed by atoms with Gasteiger partial charge in [-0.3, -0.25) is 29.4 Å². The second kappa shape index (κ2) is 8.46. The number of nitrogens with zero attached hydrogens (tertiary/aromatic N) is 4. The van der Waals surface area contributed by atoms with Gasteiger partial charge in [0.25, 0.3) is 17.5 Å². The molecule has 0 fully saturated rings. The van der Waals surface area contributed by atoms with Crippen molar-refractivity contribution in [3.8, 4) is 11.8 Å². The Morgan fingerprint density at radius 3 is 2.27 bits per heavy atom. The van der Waals surface area contributed by atoms with Gasteiger partial charge in [-0.25, -0.2) is 9.97 Å². The van der Waals surface area contributed by atoms with Crippen LogP contribution in [-0.4, -0.2) is 44.1 Å². The summed E-state index contributed by atoms with van der Waals surface area (Å²) in [5.74, 6) is -1.59. The summed E-state index contributed by atoms with van der Waals surface area (Å²) in [5, 5.41) is 13.5. The Morgan fingerprint density at radius 1 is 1.00 bits per heavy atom. The Hall–Kier alpha value is -4.67. The summed E-state index contributed by atoms with van der Waals surface area (Å²) in [6, 6.07) is 11.8. The second-order valence-corrected chi connectivity index (χ2v) is 7.29. The fourth-order valence-corrected chi connectivity index (χ4v) is 3.33. The molecule has 166 valence electrons. The van der Waals surface area contributed by atoms with Gasteiger partial charge in [0.2, 0.25) is 5.91 Å². The molecular formula is C22H17N5O6. The molecule has 11 nitrogen and oxygen atoms in total. The van der Waals surface area contributed by atoms with Crippen molar-refractivity contribution in [2.75, 3.05) is 11.9 Å². The number of hydrogen-bond donors (Lipinski definition) is 1. The van der Waals surface area contributed by atoms with Gasteiger partial charge in [-0.15, -0.1) is 0 Å². The fraction of sp³-hybridized carbons (Fsp3) is 0.136. The number of nitro groups is 1. The largest absolute Gasteiger partial charge is 0.424 e. The highest BCUT2D eigenvalue weighted by Crippen LogP contribution is 2.27. The van der Waals surface area contributed by atoms with Crippen LogP contribution in [0.2, 0.25) is 0 Å². The van der Waals surface area contributed by atoms with Crippen LogP contribution in [0.15, 0.2) is 48.5 Å². The Bertz CT molecular complexity index is 1280. The summed E-state index contributed by atoms with van der Waals surface area (Å²) in [4.78, 5) is 56.8. The van der Waals surface area contributed by atoms with E-state index in [1.165, 1.54) is 6.07 Å². The number of carbonyl (C=O) groups excluding carboxylic acids is 3. The lowest BCUT2D eigenvalue weighted by Gasteiger charge is -2.13. The number of aromatic nitrogens is 2. The Labute approximate surface area is 187 Å². The molecule has 1 aliphatic rings. The second-order valence-electron chi connectivity index (χ2n) is 7.29. The minimum Gasteiger partial charge on any atom is -0.424 e. The van der Waals surface area contributed by atoms with Crippen molar-refractivity contribution in [3.05, 3.63) is 81.2 Å². The molecule has 0 atom stereocenters. The number of hydrogen-bond acceptors (Lipinski definition) is 8. The lowest BCUT2D eigenvalue weighted by molar-refractivity contribution is -0.384. The SMILES string of the molecule is Cc1cc(C)nc(Oc2ccc(NC(=O)CN3C(=O)c4ccc([N+](=O)[O-])cc4C3=O)cc2)n1. The molecule has 1 N–H and O–H groups in total. The van der Waals surface area contributed by atoms with Crippen LogP contribution in [-0.2, 0) is 4.79 Å². The van der Waals surface area contributed by atoms with Crippen molar-refractivity contribution in [3.63, 3.8) is 0 Å². The van der Waals surface area contributed by atoms with Gasteiger partial charge in [0.05, 0.1) is 16.1 Å². The lowest BCUT2D eigenvalue weighted by Crippen LogP contribution is -2.37. The van der Waals surface area contributed by atoms with Gasteiger partial charge in [-0.05, 0) is 50.2 Å². The number of aryl methyl sites for hydroxylation is 2. The molecule has 3 aromatic rings. The van der Waals surface area contributed by atoms with Crippen molar-refractivity contribution >= 4 is 29.1 Å². The van der Waals surface area contributed by atoms with E-state index < -0.39 is 29.2 Å². The Kier molecular flexibility index (Phi) is 5.53. The van der Waals surface area contributed by atoms with Crippen molar-refractivity contribution in [2.45, 2.75) is 13.8 Å². The summed E-state index contributed by atoms with van der Waals surface area (Å²) >= 11 is 0. The maximum absolute atomic E-state index is 12.5. The van der Waals surface area contributed by atoms with Crippen LogP contribution in [0.1, 0.15) is 32.1 Å². The maximum atomic E-state index is 12.5. The molecule has 2 aromatic carbocycles. The van der Waals surface area contributed by atoms with E-state index in [2.05, 4.69) is 15.3 Å². The van der Waals surface area contributed by atoms with E-state index in [0.29, 0.717) is 11.4 Å². The van der Waals surface area contributed by atoms with E-state index in [0.717, 1.165) is 28.4 Å². The number of imide groups is 1. The predicted octanol–water partition coefficient (Wildman–Crippen LogP) is 3.03. The zero-order valence-electron chi connectivity index (χ0n) is 17.6. The van der Waals surface area contributed by atoms with Crippen LogP contribution in [0.5, 0.6) is 11.8 Å². The first-order valence-electron chi connectivity index (χ1n) is 9.76. The zero-order chi connectivity index (χ0) is 23.7. The number of rotatable bonds is 6. The molecule has 1 aromatic heterocycles. The maximum Gasteiger partial charge on any atom is 0.322 e. The first-order valence-corrected chi connectivity index (χ1v) is 9.76. The molecule has 3 amide bonds. The minimum atomic E-state index is -0.758. The fourth-order valence-electron chi connectivity index (χ4n) is 3.33. The topological polar surface area (TPSA) is 145 Å². The molecule has 4 rings (SSSR count). The van der Waals surface area contributed by atoms with Crippen LogP contribution in [0.3, 0.4) is 0 Å². The average Bonchev–Trinajstić information content (AvgIpc) is 2.99.